The minimum atomic E-state index is 0. The second kappa shape index (κ2) is 9.09. The van der Waals surface area contributed by atoms with Gasteiger partial charge in [-0.25, -0.2) is 4.99 Å². The summed E-state index contributed by atoms with van der Waals surface area (Å²) in [5.41, 5.74) is 6.71. The van der Waals surface area contributed by atoms with Gasteiger partial charge in [-0.2, -0.15) is 0 Å². The highest BCUT2D eigenvalue weighted by molar-refractivity contribution is 14.0. The first-order valence-electron chi connectivity index (χ1n) is 5.54. The van der Waals surface area contributed by atoms with Crippen LogP contribution in [0.4, 0.5) is 0 Å². The second-order valence-electron chi connectivity index (χ2n) is 3.65. The van der Waals surface area contributed by atoms with E-state index in [1.807, 2.05) is 12.1 Å². The first kappa shape index (κ1) is 16.0. The number of guanidine groups is 1. The number of benzene rings is 1. The molecule has 0 aliphatic carbocycles. The van der Waals surface area contributed by atoms with Gasteiger partial charge in [0.05, 0.1) is 6.54 Å². The van der Waals surface area contributed by atoms with E-state index in [0.29, 0.717) is 12.5 Å². The van der Waals surface area contributed by atoms with E-state index in [2.05, 4.69) is 17.2 Å². The summed E-state index contributed by atoms with van der Waals surface area (Å²) in [5, 5.41) is 12.1. The Hall–Kier alpha value is -0.980. The molecular formula is C12H20IN3O. The van der Waals surface area contributed by atoms with Crippen molar-refractivity contribution < 1.29 is 5.11 Å². The van der Waals surface area contributed by atoms with E-state index in [0.717, 1.165) is 24.9 Å². The van der Waals surface area contributed by atoms with Crippen LogP contribution in [0.5, 0.6) is 5.75 Å². The van der Waals surface area contributed by atoms with Gasteiger partial charge in [0.15, 0.2) is 5.96 Å². The highest BCUT2D eigenvalue weighted by Crippen LogP contribution is 2.09. The zero-order chi connectivity index (χ0) is 11.8. The first-order chi connectivity index (χ1) is 7.72. The minimum absolute atomic E-state index is 0. The molecule has 0 aliphatic rings. The van der Waals surface area contributed by atoms with Crippen LogP contribution >= 0.6 is 24.0 Å². The van der Waals surface area contributed by atoms with E-state index in [4.69, 9.17) is 10.8 Å². The number of aliphatic imine (C=N–C) groups is 1. The van der Waals surface area contributed by atoms with Crippen molar-refractivity contribution in [3.05, 3.63) is 29.8 Å². The van der Waals surface area contributed by atoms with Crippen LogP contribution < -0.4 is 11.1 Å². The van der Waals surface area contributed by atoms with Crippen molar-refractivity contribution >= 4 is 29.9 Å². The quantitative estimate of drug-likeness (QED) is 0.330. The van der Waals surface area contributed by atoms with Crippen molar-refractivity contribution in [1.29, 1.82) is 0 Å². The summed E-state index contributed by atoms with van der Waals surface area (Å²) in [6.07, 6.45) is 2.23. The zero-order valence-electron chi connectivity index (χ0n) is 10.0. The third-order valence-electron chi connectivity index (χ3n) is 2.20. The van der Waals surface area contributed by atoms with Crippen LogP contribution in [0.3, 0.4) is 0 Å². The molecule has 0 fully saturated rings. The lowest BCUT2D eigenvalue weighted by atomic mass is 10.2. The average molecular weight is 349 g/mol. The number of halogens is 1. The topological polar surface area (TPSA) is 70.6 Å². The van der Waals surface area contributed by atoms with Gasteiger partial charge < -0.3 is 16.2 Å². The molecule has 0 aliphatic heterocycles. The molecule has 4 nitrogen and oxygen atoms in total. The summed E-state index contributed by atoms with van der Waals surface area (Å²) >= 11 is 0. The Bertz CT molecular complexity index is 338. The SMILES string of the molecule is CCCCNC(N)=NCc1ccc(O)cc1.I. The molecule has 0 spiro atoms. The van der Waals surface area contributed by atoms with E-state index in [-0.39, 0.29) is 29.7 Å². The number of unbranched alkanes of at least 4 members (excludes halogenated alkanes) is 1. The predicted octanol–water partition coefficient (Wildman–Crippen LogP) is 2.21. The predicted molar refractivity (Wildman–Crippen MR) is 81.8 cm³/mol. The molecule has 0 unspecified atom stereocenters. The molecule has 0 radical (unpaired) electrons. The summed E-state index contributed by atoms with van der Waals surface area (Å²) in [7, 11) is 0. The largest absolute Gasteiger partial charge is 0.508 e. The number of nitrogens with zero attached hydrogens (tertiary/aromatic N) is 1. The maximum absolute atomic E-state index is 9.10. The third-order valence-corrected chi connectivity index (χ3v) is 2.20. The van der Waals surface area contributed by atoms with Gasteiger partial charge in [0.1, 0.15) is 5.75 Å². The summed E-state index contributed by atoms with van der Waals surface area (Å²) in [4.78, 5) is 4.20. The molecule has 0 saturated carbocycles. The Balaban J connectivity index is 0.00000256. The van der Waals surface area contributed by atoms with Crippen molar-refractivity contribution in [1.82, 2.24) is 5.32 Å². The summed E-state index contributed by atoms with van der Waals surface area (Å²) in [6, 6.07) is 6.95. The van der Waals surface area contributed by atoms with Gasteiger partial charge in [-0.3, -0.25) is 0 Å². The van der Waals surface area contributed by atoms with Gasteiger partial charge in [-0.1, -0.05) is 25.5 Å². The maximum atomic E-state index is 9.10. The van der Waals surface area contributed by atoms with Gasteiger partial charge in [0, 0.05) is 6.54 Å². The maximum Gasteiger partial charge on any atom is 0.188 e. The lowest BCUT2D eigenvalue weighted by Crippen LogP contribution is -2.32. The van der Waals surface area contributed by atoms with Crippen molar-refractivity contribution in [2.45, 2.75) is 26.3 Å². The molecule has 4 N–H and O–H groups in total. The molecule has 0 aromatic heterocycles. The zero-order valence-corrected chi connectivity index (χ0v) is 12.3. The van der Waals surface area contributed by atoms with E-state index < -0.39 is 0 Å². The molecular weight excluding hydrogens is 329 g/mol. The third kappa shape index (κ3) is 7.04. The minimum Gasteiger partial charge on any atom is -0.508 e. The lowest BCUT2D eigenvalue weighted by molar-refractivity contribution is 0.475. The number of hydrogen-bond acceptors (Lipinski definition) is 2. The van der Waals surface area contributed by atoms with Crippen LogP contribution in [-0.2, 0) is 6.54 Å². The molecule has 0 atom stereocenters. The molecule has 1 rings (SSSR count). The van der Waals surface area contributed by atoms with Gasteiger partial charge in [-0.05, 0) is 24.1 Å². The number of aromatic hydroxyl groups is 1. The van der Waals surface area contributed by atoms with E-state index in [1.165, 1.54) is 0 Å². The van der Waals surface area contributed by atoms with Crippen LogP contribution in [0.1, 0.15) is 25.3 Å². The number of phenols is 1. The molecule has 0 saturated heterocycles. The van der Waals surface area contributed by atoms with Crippen LogP contribution in [0, 0.1) is 0 Å². The molecule has 0 bridgehead atoms. The first-order valence-corrected chi connectivity index (χ1v) is 5.54. The van der Waals surface area contributed by atoms with Crippen molar-refractivity contribution in [2.75, 3.05) is 6.54 Å². The normalized spacial score (nSPS) is 10.8. The fourth-order valence-electron chi connectivity index (χ4n) is 1.23. The molecule has 1 aromatic rings. The highest BCUT2D eigenvalue weighted by Gasteiger charge is 1.93. The number of nitrogens with two attached hydrogens (primary N) is 1. The van der Waals surface area contributed by atoms with Gasteiger partial charge in [0.2, 0.25) is 0 Å². The van der Waals surface area contributed by atoms with E-state index >= 15 is 0 Å². The Labute approximate surface area is 119 Å². The van der Waals surface area contributed by atoms with Crippen molar-refractivity contribution in [3.63, 3.8) is 0 Å². The van der Waals surface area contributed by atoms with E-state index in [1.54, 1.807) is 12.1 Å². The number of phenolic OH excluding ortho intramolecular Hbond substituents is 1. The van der Waals surface area contributed by atoms with Crippen molar-refractivity contribution in [2.24, 2.45) is 10.7 Å². The standard InChI is InChI=1S/C12H19N3O.HI/c1-2-3-8-14-12(13)15-9-10-4-6-11(16)7-5-10;/h4-7,16H,2-3,8-9H2,1H3,(H3,13,14,15);1H. The highest BCUT2D eigenvalue weighted by atomic mass is 127. The molecule has 5 heteroatoms. The molecule has 17 heavy (non-hydrogen) atoms. The van der Waals surface area contributed by atoms with E-state index in [9.17, 15) is 0 Å². The Kier molecular flexibility index (Phi) is 8.57. The second-order valence-corrected chi connectivity index (χ2v) is 3.65. The summed E-state index contributed by atoms with van der Waals surface area (Å²) in [5.74, 6) is 0.739. The molecule has 96 valence electrons. The number of nitrogens with one attached hydrogen (secondary N) is 1. The Morgan fingerprint density at radius 1 is 1.35 bits per heavy atom. The van der Waals surface area contributed by atoms with Crippen LogP contribution in [0.2, 0.25) is 0 Å². The van der Waals surface area contributed by atoms with Gasteiger partial charge in [-0.15, -0.1) is 24.0 Å². The van der Waals surface area contributed by atoms with Gasteiger partial charge in [0.25, 0.3) is 0 Å². The Morgan fingerprint density at radius 3 is 2.59 bits per heavy atom. The lowest BCUT2D eigenvalue weighted by Gasteiger charge is -2.04. The van der Waals surface area contributed by atoms with Crippen LogP contribution in [0.25, 0.3) is 0 Å². The molecule has 0 heterocycles. The fourth-order valence-corrected chi connectivity index (χ4v) is 1.23. The molecule has 0 amide bonds. The average Bonchev–Trinajstić information content (AvgIpc) is 2.29. The van der Waals surface area contributed by atoms with Crippen molar-refractivity contribution in [3.8, 4) is 5.75 Å². The van der Waals surface area contributed by atoms with Crippen LogP contribution in [-0.4, -0.2) is 17.6 Å². The van der Waals surface area contributed by atoms with Gasteiger partial charge >= 0.3 is 0 Å². The van der Waals surface area contributed by atoms with Crippen LogP contribution in [0.15, 0.2) is 29.3 Å². The number of rotatable bonds is 5. The number of hydrogen-bond donors (Lipinski definition) is 3. The Morgan fingerprint density at radius 2 is 2.00 bits per heavy atom. The fraction of sp³-hybridized carbons (Fsp3) is 0.417. The summed E-state index contributed by atoms with van der Waals surface area (Å²) < 4.78 is 0. The molecule has 1 aromatic carbocycles. The summed E-state index contributed by atoms with van der Waals surface area (Å²) in [6.45, 7) is 3.53. The smallest absolute Gasteiger partial charge is 0.188 e. The monoisotopic (exact) mass is 349 g/mol.